The van der Waals surface area contributed by atoms with Crippen LogP contribution < -0.4 is 4.90 Å². The van der Waals surface area contributed by atoms with Crippen molar-refractivity contribution < 1.29 is 10.0 Å². The van der Waals surface area contributed by atoms with Gasteiger partial charge in [-0.05, 0) is 55.8 Å². The Morgan fingerprint density at radius 1 is 1.17 bits per heavy atom. The molecule has 0 saturated heterocycles. The molecule has 2 rings (SSSR count). The largest absolute Gasteiger partial charge is 0.502 e. The van der Waals surface area contributed by atoms with Crippen molar-refractivity contribution in [2.24, 2.45) is 4.99 Å². The van der Waals surface area contributed by atoms with Crippen molar-refractivity contribution in [3.05, 3.63) is 58.1 Å². The van der Waals surface area contributed by atoms with Crippen LogP contribution in [0.15, 0.2) is 47.5 Å². The van der Waals surface area contributed by atoms with Gasteiger partial charge in [-0.2, -0.15) is 0 Å². The number of anilines is 1. The monoisotopic (exact) mass is 313 g/mol. The van der Waals surface area contributed by atoms with Gasteiger partial charge >= 0.3 is 5.69 Å². The molecular formula is C17H19N3O3. The van der Waals surface area contributed by atoms with Gasteiger partial charge < -0.3 is 10.0 Å². The van der Waals surface area contributed by atoms with Crippen LogP contribution in [0.1, 0.15) is 19.4 Å². The Kier molecular flexibility index (Phi) is 5.30. The number of aliphatic imine (C=N–C) groups is 1. The summed E-state index contributed by atoms with van der Waals surface area (Å²) >= 11 is 0. The van der Waals surface area contributed by atoms with E-state index >= 15 is 0 Å². The molecule has 120 valence electrons. The summed E-state index contributed by atoms with van der Waals surface area (Å²) in [5, 5.41) is 20.2. The molecule has 0 aliphatic rings. The van der Waals surface area contributed by atoms with E-state index in [0.717, 1.165) is 24.5 Å². The first kappa shape index (κ1) is 16.5. The molecule has 6 nitrogen and oxygen atoms in total. The Morgan fingerprint density at radius 3 is 2.39 bits per heavy atom. The molecule has 0 amide bonds. The Hall–Kier alpha value is -2.89. The van der Waals surface area contributed by atoms with Gasteiger partial charge in [-0.15, -0.1) is 0 Å². The topological polar surface area (TPSA) is 79.0 Å². The van der Waals surface area contributed by atoms with Crippen LogP contribution in [0.5, 0.6) is 5.75 Å². The van der Waals surface area contributed by atoms with E-state index in [-0.39, 0.29) is 11.4 Å². The first-order chi connectivity index (χ1) is 11.0. The van der Waals surface area contributed by atoms with Gasteiger partial charge in [-0.25, -0.2) is 0 Å². The molecular weight excluding hydrogens is 294 g/mol. The quantitative estimate of drug-likeness (QED) is 0.498. The lowest BCUT2D eigenvalue weighted by molar-refractivity contribution is -0.385. The summed E-state index contributed by atoms with van der Waals surface area (Å²) < 4.78 is 0. The second kappa shape index (κ2) is 7.40. The smallest absolute Gasteiger partial charge is 0.311 e. The van der Waals surface area contributed by atoms with E-state index in [1.165, 1.54) is 12.1 Å². The highest BCUT2D eigenvalue weighted by Crippen LogP contribution is 2.26. The maximum atomic E-state index is 10.8. The molecule has 2 aromatic rings. The van der Waals surface area contributed by atoms with Crippen LogP contribution in [0.2, 0.25) is 0 Å². The molecule has 0 radical (unpaired) electrons. The van der Waals surface area contributed by atoms with Crippen molar-refractivity contribution in [1.29, 1.82) is 0 Å². The molecule has 0 unspecified atom stereocenters. The van der Waals surface area contributed by atoms with Crippen LogP contribution in [0.3, 0.4) is 0 Å². The normalized spacial score (nSPS) is 10.9. The van der Waals surface area contributed by atoms with Gasteiger partial charge in [0, 0.05) is 31.1 Å². The molecule has 0 aliphatic heterocycles. The van der Waals surface area contributed by atoms with E-state index in [4.69, 9.17) is 0 Å². The van der Waals surface area contributed by atoms with Crippen molar-refractivity contribution in [1.82, 2.24) is 0 Å². The average molecular weight is 313 g/mol. The first-order valence-corrected chi connectivity index (χ1v) is 7.41. The van der Waals surface area contributed by atoms with Crippen molar-refractivity contribution in [3.63, 3.8) is 0 Å². The molecule has 6 heteroatoms. The van der Waals surface area contributed by atoms with E-state index in [1.807, 2.05) is 24.3 Å². The third-order valence-corrected chi connectivity index (χ3v) is 3.54. The molecule has 1 N–H and O–H groups in total. The van der Waals surface area contributed by atoms with Crippen molar-refractivity contribution >= 4 is 23.3 Å². The highest BCUT2D eigenvalue weighted by molar-refractivity contribution is 5.83. The van der Waals surface area contributed by atoms with Gasteiger partial charge in [0.25, 0.3) is 0 Å². The maximum Gasteiger partial charge on any atom is 0.311 e. The van der Waals surface area contributed by atoms with E-state index < -0.39 is 4.92 Å². The molecule has 0 saturated carbocycles. The van der Waals surface area contributed by atoms with E-state index in [9.17, 15) is 15.2 Å². The first-order valence-electron chi connectivity index (χ1n) is 7.41. The van der Waals surface area contributed by atoms with Crippen LogP contribution in [-0.2, 0) is 0 Å². The Balaban J connectivity index is 2.17. The molecule has 0 aromatic heterocycles. The fraction of sp³-hybridized carbons (Fsp3) is 0.235. The van der Waals surface area contributed by atoms with Crippen LogP contribution >= 0.6 is 0 Å². The number of aromatic hydroxyl groups is 1. The van der Waals surface area contributed by atoms with Gasteiger partial charge in [0.15, 0.2) is 5.75 Å². The van der Waals surface area contributed by atoms with Gasteiger partial charge in [0.05, 0.1) is 10.6 Å². The number of nitro groups is 1. The van der Waals surface area contributed by atoms with E-state index in [2.05, 4.69) is 23.7 Å². The van der Waals surface area contributed by atoms with Crippen LogP contribution in [0, 0.1) is 10.1 Å². The number of phenols is 1. The number of nitro benzene ring substituents is 1. The van der Waals surface area contributed by atoms with Crippen molar-refractivity contribution in [2.45, 2.75) is 13.8 Å². The van der Waals surface area contributed by atoms with Crippen molar-refractivity contribution in [2.75, 3.05) is 18.0 Å². The van der Waals surface area contributed by atoms with Gasteiger partial charge in [-0.1, -0.05) is 0 Å². The summed E-state index contributed by atoms with van der Waals surface area (Å²) in [4.78, 5) is 16.7. The number of benzene rings is 2. The van der Waals surface area contributed by atoms with Gasteiger partial charge in [-0.3, -0.25) is 15.1 Å². The Morgan fingerprint density at radius 2 is 1.83 bits per heavy atom. The summed E-state index contributed by atoms with van der Waals surface area (Å²) in [5.41, 5.74) is 2.12. The van der Waals surface area contributed by atoms with Crippen molar-refractivity contribution in [3.8, 4) is 5.75 Å². The molecule has 2 aromatic carbocycles. The summed E-state index contributed by atoms with van der Waals surface area (Å²) in [7, 11) is 0. The predicted octanol–water partition coefficient (Wildman–Crippen LogP) is 3.90. The van der Waals surface area contributed by atoms with Crippen LogP contribution in [0.4, 0.5) is 17.1 Å². The fourth-order valence-corrected chi connectivity index (χ4v) is 2.25. The van der Waals surface area contributed by atoms with Gasteiger partial charge in [0.1, 0.15) is 0 Å². The average Bonchev–Trinajstić information content (AvgIpc) is 2.56. The fourth-order valence-electron chi connectivity index (χ4n) is 2.25. The minimum Gasteiger partial charge on any atom is -0.502 e. The lowest BCUT2D eigenvalue weighted by Crippen LogP contribution is -2.21. The molecule has 0 fully saturated rings. The SMILES string of the molecule is CCN(CC)c1ccc(N=Cc2ccc(O)c([N+](=O)[O-])c2)cc1. The number of hydrogen-bond donors (Lipinski definition) is 1. The number of rotatable bonds is 6. The second-order valence-corrected chi connectivity index (χ2v) is 4.95. The zero-order chi connectivity index (χ0) is 16.8. The third-order valence-electron chi connectivity index (χ3n) is 3.54. The minimum absolute atomic E-state index is 0.328. The third kappa shape index (κ3) is 4.06. The van der Waals surface area contributed by atoms with Gasteiger partial charge in [0.2, 0.25) is 0 Å². The minimum atomic E-state index is -0.619. The predicted molar refractivity (Wildman–Crippen MR) is 92.0 cm³/mol. The molecule has 0 aliphatic carbocycles. The van der Waals surface area contributed by atoms with E-state index in [1.54, 1.807) is 12.3 Å². The zero-order valence-electron chi connectivity index (χ0n) is 13.1. The highest BCUT2D eigenvalue weighted by Gasteiger charge is 2.12. The lowest BCUT2D eigenvalue weighted by Gasteiger charge is -2.20. The Labute approximate surface area is 134 Å². The number of hydrogen-bond acceptors (Lipinski definition) is 5. The zero-order valence-corrected chi connectivity index (χ0v) is 13.1. The molecule has 23 heavy (non-hydrogen) atoms. The number of nitrogens with zero attached hydrogens (tertiary/aromatic N) is 3. The maximum absolute atomic E-state index is 10.8. The second-order valence-electron chi connectivity index (χ2n) is 4.95. The lowest BCUT2D eigenvalue weighted by atomic mass is 10.2. The summed E-state index contributed by atoms with van der Waals surface area (Å²) in [6, 6.07) is 12.0. The molecule has 0 spiro atoms. The number of phenolic OH excluding ortho intramolecular Hbond substituents is 1. The molecule has 0 heterocycles. The molecule has 0 bridgehead atoms. The highest BCUT2D eigenvalue weighted by atomic mass is 16.6. The van der Waals surface area contributed by atoms with E-state index in [0.29, 0.717) is 5.56 Å². The molecule has 0 atom stereocenters. The summed E-state index contributed by atoms with van der Waals surface area (Å²) in [6.45, 7) is 6.09. The Bertz CT molecular complexity index is 708. The van der Waals surface area contributed by atoms with Crippen LogP contribution in [-0.4, -0.2) is 29.3 Å². The van der Waals surface area contributed by atoms with Crippen LogP contribution in [0.25, 0.3) is 0 Å². The summed E-state index contributed by atoms with van der Waals surface area (Å²) in [5.74, 6) is -0.351. The standard InChI is InChI=1S/C17H19N3O3/c1-3-19(4-2)15-8-6-14(7-9-15)18-12-13-5-10-17(21)16(11-13)20(22)23/h5-12,21H,3-4H2,1-2H3. The summed E-state index contributed by atoms with van der Waals surface area (Å²) in [6.07, 6.45) is 1.54.